The van der Waals surface area contributed by atoms with Crippen molar-refractivity contribution in [3.05, 3.63) is 53.6 Å². The van der Waals surface area contributed by atoms with Crippen LogP contribution in [-0.2, 0) is 16.2 Å². The van der Waals surface area contributed by atoms with E-state index in [2.05, 4.69) is 10.5 Å². The van der Waals surface area contributed by atoms with E-state index < -0.39 is 0 Å². The number of benzene rings is 2. The van der Waals surface area contributed by atoms with Crippen LogP contribution < -0.4 is 14.8 Å². The van der Waals surface area contributed by atoms with Crippen molar-refractivity contribution in [2.75, 3.05) is 18.5 Å². The SMILES string of the molecule is CC(=O)Nc1ccc(C(C)=NOCc2ccc3c(c2)OCCO3)cc1. The van der Waals surface area contributed by atoms with Gasteiger partial charge in [0.15, 0.2) is 11.5 Å². The van der Waals surface area contributed by atoms with Crippen molar-refractivity contribution in [3.8, 4) is 11.5 Å². The van der Waals surface area contributed by atoms with Crippen LogP contribution in [0, 0.1) is 0 Å². The lowest BCUT2D eigenvalue weighted by Crippen LogP contribution is -2.15. The maximum Gasteiger partial charge on any atom is 0.221 e. The summed E-state index contributed by atoms with van der Waals surface area (Å²) in [6, 6.07) is 13.1. The van der Waals surface area contributed by atoms with Crippen molar-refractivity contribution in [2.24, 2.45) is 5.16 Å². The highest BCUT2D eigenvalue weighted by atomic mass is 16.6. The first-order chi connectivity index (χ1) is 12.1. The van der Waals surface area contributed by atoms with Gasteiger partial charge in [-0.15, -0.1) is 0 Å². The monoisotopic (exact) mass is 340 g/mol. The first-order valence-electron chi connectivity index (χ1n) is 8.05. The molecule has 130 valence electrons. The fraction of sp³-hybridized carbons (Fsp3) is 0.263. The molecule has 0 fully saturated rings. The molecule has 0 radical (unpaired) electrons. The molecule has 6 heteroatoms. The number of oxime groups is 1. The van der Waals surface area contributed by atoms with Crippen LogP contribution in [-0.4, -0.2) is 24.8 Å². The number of nitrogens with zero attached hydrogens (tertiary/aromatic N) is 1. The molecule has 0 spiro atoms. The minimum absolute atomic E-state index is 0.0964. The molecule has 2 aromatic carbocycles. The van der Waals surface area contributed by atoms with Crippen LogP contribution in [0.1, 0.15) is 25.0 Å². The van der Waals surface area contributed by atoms with Gasteiger partial charge in [-0.3, -0.25) is 4.79 Å². The molecular weight excluding hydrogens is 320 g/mol. The summed E-state index contributed by atoms with van der Waals surface area (Å²) in [4.78, 5) is 16.5. The summed E-state index contributed by atoms with van der Waals surface area (Å²) in [6.07, 6.45) is 0. The molecule has 0 saturated heterocycles. The molecule has 6 nitrogen and oxygen atoms in total. The number of amides is 1. The highest BCUT2D eigenvalue weighted by Gasteiger charge is 2.11. The fourth-order valence-corrected chi connectivity index (χ4v) is 2.43. The minimum Gasteiger partial charge on any atom is -0.486 e. The summed E-state index contributed by atoms with van der Waals surface area (Å²) in [6.45, 7) is 4.83. The van der Waals surface area contributed by atoms with Gasteiger partial charge in [0, 0.05) is 12.6 Å². The van der Waals surface area contributed by atoms with Gasteiger partial charge < -0.3 is 19.6 Å². The van der Waals surface area contributed by atoms with E-state index in [1.165, 1.54) is 6.92 Å². The van der Waals surface area contributed by atoms with Crippen LogP contribution in [0.4, 0.5) is 5.69 Å². The standard InChI is InChI=1S/C19H20N2O4/c1-13(16-4-6-17(7-5-16)20-14(2)22)21-25-12-15-3-8-18-19(11-15)24-10-9-23-18/h3-8,11H,9-10,12H2,1-2H3,(H,20,22). The second-order valence-electron chi connectivity index (χ2n) is 5.69. The number of anilines is 1. The van der Waals surface area contributed by atoms with Gasteiger partial charge in [-0.2, -0.15) is 0 Å². The molecule has 0 aliphatic carbocycles. The molecule has 0 atom stereocenters. The van der Waals surface area contributed by atoms with Gasteiger partial charge in [-0.05, 0) is 42.3 Å². The van der Waals surface area contributed by atoms with E-state index in [-0.39, 0.29) is 5.91 Å². The molecule has 1 amide bonds. The smallest absolute Gasteiger partial charge is 0.221 e. The first kappa shape index (κ1) is 16.8. The Hall–Kier alpha value is -3.02. The molecule has 0 aromatic heterocycles. The van der Waals surface area contributed by atoms with Crippen molar-refractivity contribution < 1.29 is 19.1 Å². The van der Waals surface area contributed by atoms with E-state index >= 15 is 0 Å². The zero-order valence-electron chi connectivity index (χ0n) is 14.2. The van der Waals surface area contributed by atoms with Gasteiger partial charge in [0.1, 0.15) is 19.8 Å². The lowest BCUT2D eigenvalue weighted by molar-refractivity contribution is -0.114. The molecule has 1 N–H and O–H groups in total. The second-order valence-corrected chi connectivity index (χ2v) is 5.69. The number of carbonyl (C=O) groups excluding carboxylic acids is 1. The summed E-state index contributed by atoms with van der Waals surface area (Å²) >= 11 is 0. The third kappa shape index (κ3) is 4.50. The minimum atomic E-state index is -0.0964. The van der Waals surface area contributed by atoms with Crippen molar-refractivity contribution in [1.82, 2.24) is 0 Å². The zero-order valence-corrected chi connectivity index (χ0v) is 14.2. The average molecular weight is 340 g/mol. The van der Waals surface area contributed by atoms with Gasteiger partial charge in [0.2, 0.25) is 5.91 Å². The lowest BCUT2D eigenvalue weighted by Gasteiger charge is -2.18. The van der Waals surface area contributed by atoms with Crippen molar-refractivity contribution >= 4 is 17.3 Å². The summed E-state index contributed by atoms with van der Waals surface area (Å²) in [5, 5.41) is 6.88. The number of hydrogen-bond donors (Lipinski definition) is 1. The first-order valence-corrected chi connectivity index (χ1v) is 8.05. The molecule has 1 heterocycles. The predicted molar refractivity (Wildman–Crippen MR) is 95.2 cm³/mol. The van der Waals surface area contributed by atoms with Gasteiger partial charge in [-0.25, -0.2) is 0 Å². The number of carbonyl (C=O) groups is 1. The topological polar surface area (TPSA) is 69.2 Å². The third-order valence-corrected chi connectivity index (χ3v) is 3.66. The second kappa shape index (κ2) is 7.70. The van der Waals surface area contributed by atoms with E-state index in [1.54, 1.807) is 0 Å². The molecule has 0 saturated carbocycles. The van der Waals surface area contributed by atoms with Gasteiger partial charge in [0.25, 0.3) is 0 Å². The normalized spacial score (nSPS) is 13.3. The Morgan fingerprint density at radius 2 is 1.80 bits per heavy atom. The van der Waals surface area contributed by atoms with Crippen molar-refractivity contribution in [3.63, 3.8) is 0 Å². The van der Waals surface area contributed by atoms with Crippen LogP contribution in [0.25, 0.3) is 0 Å². The Balaban J connectivity index is 1.59. The Kier molecular flexibility index (Phi) is 5.18. The van der Waals surface area contributed by atoms with E-state index in [4.69, 9.17) is 14.3 Å². The number of hydrogen-bond acceptors (Lipinski definition) is 5. The Morgan fingerprint density at radius 3 is 2.52 bits per heavy atom. The summed E-state index contributed by atoms with van der Waals surface area (Å²) in [5.41, 5.74) is 3.39. The third-order valence-electron chi connectivity index (χ3n) is 3.66. The van der Waals surface area contributed by atoms with E-state index in [9.17, 15) is 4.79 Å². The molecule has 0 bridgehead atoms. The number of ether oxygens (including phenoxy) is 2. The molecular formula is C19H20N2O4. The lowest BCUT2D eigenvalue weighted by atomic mass is 10.1. The van der Waals surface area contributed by atoms with Gasteiger partial charge in [-0.1, -0.05) is 23.4 Å². The van der Waals surface area contributed by atoms with E-state index in [0.29, 0.717) is 19.8 Å². The zero-order chi connectivity index (χ0) is 17.6. The average Bonchev–Trinajstić information content (AvgIpc) is 2.61. The molecule has 1 aliphatic heterocycles. The molecule has 0 unspecified atom stereocenters. The van der Waals surface area contributed by atoms with Crippen molar-refractivity contribution in [2.45, 2.75) is 20.5 Å². The highest BCUT2D eigenvalue weighted by molar-refractivity contribution is 5.99. The highest BCUT2D eigenvalue weighted by Crippen LogP contribution is 2.30. The van der Waals surface area contributed by atoms with Crippen LogP contribution >= 0.6 is 0 Å². The van der Waals surface area contributed by atoms with Gasteiger partial charge in [0.05, 0.1) is 5.71 Å². The number of rotatable bonds is 5. The molecule has 1 aliphatic rings. The summed E-state index contributed by atoms with van der Waals surface area (Å²) in [5.74, 6) is 1.40. The van der Waals surface area contributed by atoms with E-state index in [1.807, 2.05) is 49.4 Å². The fourth-order valence-electron chi connectivity index (χ4n) is 2.43. The van der Waals surface area contributed by atoms with Crippen LogP contribution in [0.15, 0.2) is 47.6 Å². The molecule has 3 rings (SSSR count). The molecule has 2 aromatic rings. The maximum absolute atomic E-state index is 11.0. The largest absolute Gasteiger partial charge is 0.486 e. The quantitative estimate of drug-likeness (QED) is 0.669. The number of nitrogens with one attached hydrogen (secondary N) is 1. The number of fused-ring (bicyclic) bond motifs is 1. The van der Waals surface area contributed by atoms with Crippen LogP contribution in [0.2, 0.25) is 0 Å². The summed E-state index contributed by atoms with van der Waals surface area (Å²) < 4.78 is 11.0. The predicted octanol–water partition coefficient (Wildman–Crippen LogP) is 3.36. The maximum atomic E-state index is 11.0. The summed E-state index contributed by atoms with van der Waals surface area (Å²) in [7, 11) is 0. The molecule has 25 heavy (non-hydrogen) atoms. The van der Waals surface area contributed by atoms with Gasteiger partial charge >= 0.3 is 0 Å². The van der Waals surface area contributed by atoms with Crippen LogP contribution in [0.5, 0.6) is 11.5 Å². The Bertz CT molecular complexity index is 785. The Morgan fingerprint density at radius 1 is 1.08 bits per heavy atom. The Labute approximate surface area is 146 Å². The van der Waals surface area contributed by atoms with E-state index in [0.717, 1.165) is 34.0 Å². The van der Waals surface area contributed by atoms with Crippen LogP contribution in [0.3, 0.4) is 0 Å². The van der Waals surface area contributed by atoms with Crippen molar-refractivity contribution in [1.29, 1.82) is 0 Å².